The monoisotopic (exact) mass is 389 g/mol. The highest BCUT2D eigenvalue weighted by Gasteiger charge is 2.53. The summed E-state index contributed by atoms with van der Waals surface area (Å²) in [6.07, 6.45) is -6.35. The number of ether oxygens (including phenoxy) is 6. The maximum atomic E-state index is 11.6. The van der Waals surface area contributed by atoms with Gasteiger partial charge < -0.3 is 28.4 Å². The highest BCUT2D eigenvalue weighted by Crippen LogP contribution is 2.30. The standard InChI is InChI=1S/C16H23NO10/c1-7(17)23-16-15(26-11(5)21)14(25-10(4)20)13(24-9(3)19)12(27-16)6-22-8(2)18/h12-17H,6H2,1-5H3/t12-,13-,14+,15-,16+/m1/s1. The van der Waals surface area contributed by atoms with E-state index in [1.165, 1.54) is 13.8 Å². The van der Waals surface area contributed by atoms with Crippen LogP contribution in [-0.4, -0.2) is 67.1 Å². The summed E-state index contributed by atoms with van der Waals surface area (Å²) in [6, 6.07) is 0. The quantitative estimate of drug-likeness (QED) is 0.287. The lowest BCUT2D eigenvalue weighted by Gasteiger charge is -2.43. The second-order valence-electron chi connectivity index (χ2n) is 5.74. The molecular formula is C16H23NO10. The SMILES string of the molecule is CC(=N)O[C@H]1O[C@H](COC(C)=O)[C@@H](OC(C)=O)[C@H](OC(C)=O)[C@H]1OC(C)=O. The number of hydrogen-bond donors (Lipinski definition) is 1. The van der Waals surface area contributed by atoms with Crippen molar-refractivity contribution in [1.82, 2.24) is 0 Å². The predicted molar refractivity (Wildman–Crippen MR) is 86.4 cm³/mol. The summed E-state index contributed by atoms with van der Waals surface area (Å²) in [7, 11) is 0. The Balaban J connectivity index is 3.29. The maximum Gasteiger partial charge on any atom is 0.303 e. The number of nitrogens with one attached hydrogen (secondary N) is 1. The van der Waals surface area contributed by atoms with Gasteiger partial charge in [0.25, 0.3) is 0 Å². The minimum absolute atomic E-state index is 0.268. The van der Waals surface area contributed by atoms with Gasteiger partial charge in [-0.1, -0.05) is 0 Å². The summed E-state index contributed by atoms with van der Waals surface area (Å²) in [4.78, 5) is 45.7. The average molecular weight is 389 g/mol. The molecule has 0 radical (unpaired) electrons. The Kier molecular flexibility index (Phi) is 8.16. The summed E-state index contributed by atoms with van der Waals surface area (Å²) < 4.78 is 31.2. The molecule has 1 heterocycles. The van der Waals surface area contributed by atoms with Gasteiger partial charge in [0.2, 0.25) is 12.4 Å². The van der Waals surface area contributed by atoms with Gasteiger partial charge in [0.15, 0.2) is 18.1 Å². The molecule has 11 heteroatoms. The average Bonchev–Trinajstić information content (AvgIpc) is 2.49. The Labute approximate surface area is 155 Å². The molecule has 0 aromatic carbocycles. The molecule has 1 fully saturated rings. The van der Waals surface area contributed by atoms with Gasteiger partial charge >= 0.3 is 23.9 Å². The van der Waals surface area contributed by atoms with Crippen LogP contribution in [0, 0.1) is 5.41 Å². The van der Waals surface area contributed by atoms with Crippen molar-refractivity contribution < 1.29 is 47.6 Å². The maximum absolute atomic E-state index is 11.6. The third-order valence-electron chi connectivity index (χ3n) is 3.24. The minimum atomic E-state index is -1.36. The van der Waals surface area contributed by atoms with Crippen molar-refractivity contribution in [2.75, 3.05) is 6.61 Å². The van der Waals surface area contributed by atoms with E-state index in [-0.39, 0.29) is 12.5 Å². The van der Waals surface area contributed by atoms with E-state index in [9.17, 15) is 19.2 Å². The van der Waals surface area contributed by atoms with Crippen LogP contribution in [0.5, 0.6) is 0 Å². The third kappa shape index (κ3) is 7.21. The van der Waals surface area contributed by atoms with Crippen molar-refractivity contribution in [3.8, 4) is 0 Å². The zero-order valence-electron chi connectivity index (χ0n) is 15.7. The molecule has 1 aliphatic heterocycles. The summed E-state index contributed by atoms with van der Waals surface area (Å²) >= 11 is 0. The molecule has 0 saturated carbocycles. The molecular weight excluding hydrogens is 366 g/mol. The minimum Gasteiger partial charge on any atom is -0.463 e. The van der Waals surface area contributed by atoms with Gasteiger partial charge in [-0.3, -0.25) is 24.6 Å². The van der Waals surface area contributed by atoms with Gasteiger partial charge in [-0.25, -0.2) is 0 Å². The molecule has 0 bridgehead atoms. The lowest BCUT2D eigenvalue weighted by molar-refractivity contribution is -0.291. The molecule has 0 unspecified atom stereocenters. The summed E-state index contributed by atoms with van der Waals surface area (Å²) in [6.45, 7) is 5.49. The normalized spacial score (nSPS) is 27.1. The van der Waals surface area contributed by atoms with Crippen LogP contribution in [-0.2, 0) is 47.6 Å². The molecule has 1 saturated heterocycles. The number of carbonyl (C=O) groups is 4. The molecule has 5 atom stereocenters. The van der Waals surface area contributed by atoms with Crippen molar-refractivity contribution in [3.63, 3.8) is 0 Å². The summed E-state index contributed by atoms with van der Waals surface area (Å²) in [5.74, 6) is -3.09. The predicted octanol–water partition coefficient (Wildman–Crippen LogP) is 0.0833. The van der Waals surface area contributed by atoms with Crippen LogP contribution in [0.4, 0.5) is 0 Å². The van der Waals surface area contributed by atoms with E-state index in [0.29, 0.717) is 0 Å². The van der Waals surface area contributed by atoms with Crippen LogP contribution in [0.1, 0.15) is 34.6 Å². The molecule has 0 spiro atoms. The summed E-state index contributed by atoms with van der Waals surface area (Å²) in [5.41, 5.74) is 0. The Bertz CT molecular complexity index is 604. The zero-order valence-corrected chi connectivity index (χ0v) is 15.7. The smallest absolute Gasteiger partial charge is 0.303 e. The molecule has 0 aromatic rings. The van der Waals surface area contributed by atoms with Crippen molar-refractivity contribution in [2.24, 2.45) is 0 Å². The van der Waals surface area contributed by atoms with E-state index < -0.39 is 54.6 Å². The molecule has 0 aliphatic carbocycles. The van der Waals surface area contributed by atoms with E-state index in [2.05, 4.69) is 0 Å². The fraction of sp³-hybridized carbons (Fsp3) is 0.688. The fourth-order valence-electron chi connectivity index (χ4n) is 2.46. The van der Waals surface area contributed by atoms with E-state index in [4.69, 9.17) is 33.8 Å². The first-order valence-corrected chi connectivity index (χ1v) is 8.03. The molecule has 1 N–H and O–H groups in total. The summed E-state index contributed by atoms with van der Waals surface area (Å²) in [5, 5.41) is 7.49. The van der Waals surface area contributed by atoms with E-state index >= 15 is 0 Å². The lowest BCUT2D eigenvalue weighted by Crippen LogP contribution is -2.63. The van der Waals surface area contributed by atoms with Crippen LogP contribution in [0.2, 0.25) is 0 Å². The first kappa shape index (κ1) is 22.4. The van der Waals surface area contributed by atoms with Gasteiger partial charge in [-0.15, -0.1) is 0 Å². The van der Waals surface area contributed by atoms with E-state index in [0.717, 1.165) is 20.8 Å². The van der Waals surface area contributed by atoms with Crippen molar-refractivity contribution >= 4 is 29.8 Å². The van der Waals surface area contributed by atoms with Crippen LogP contribution in [0.15, 0.2) is 0 Å². The number of esters is 4. The lowest BCUT2D eigenvalue weighted by atomic mass is 9.98. The Morgan fingerprint density at radius 1 is 0.741 bits per heavy atom. The molecule has 152 valence electrons. The first-order chi connectivity index (χ1) is 12.5. The third-order valence-corrected chi connectivity index (χ3v) is 3.24. The number of rotatable bonds is 6. The molecule has 1 aliphatic rings. The van der Waals surface area contributed by atoms with E-state index in [1.54, 1.807) is 0 Å². The van der Waals surface area contributed by atoms with E-state index in [1.807, 2.05) is 0 Å². The van der Waals surface area contributed by atoms with Crippen LogP contribution < -0.4 is 0 Å². The highest BCUT2D eigenvalue weighted by atomic mass is 16.7. The van der Waals surface area contributed by atoms with Crippen molar-refractivity contribution in [1.29, 1.82) is 5.41 Å². The van der Waals surface area contributed by atoms with Crippen LogP contribution >= 0.6 is 0 Å². The Morgan fingerprint density at radius 2 is 1.22 bits per heavy atom. The second-order valence-corrected chi connectivity index (χ2v) is 5.74. The molecule has 1 rings (SSSR count). The second kappa shape index (κ2) is 9.86. The van der Waals surface area contributed by atoms with Gasteiger partial charge in [-0.05, 0) is 0 Å². The van der Waals surface area contributed by atoms with Gasteiger partial charge in [0.1, 0.15) is 12.7 Å². The molecule has 11 nitrogen and oxygen atoms in total. The molecule has 27 heavy (non-hydrogen) atoms. The van der Waals surface area contributed by atoms with Crippen molar-refractivity contribution in [3.05, 3.63) is 0 Å². The fourth-order valence-corrected chi connectivity index (χ4v) is 2.46. The first-order valence-electron chi connectivity index (χ1n) is 8.03. The van der Waals surface area contributed by atoms with Crippen LogP contribution in [0.25, 0.3) is 0 Å². The number of carbonyl (C=O) groups excluding carboxylic acids is 4. The number of hydrogen-bond acceptors (Lipinski definition) is 11. The highest BCUT2D eigenvalue weighted by molar-refractivity contribution is 5.70. The van der Waals surface area contributed by atoms with Gasteiger partial charge in [0.05, 0.1) is 0 Å². The van der Waals surface area contributed by atoms with Crippen molar-refractivity contribution in [2.45, 2.75) is 65.3 Å². The largest absolute Gasteiger partial charge is 0.463 e. The molecule has 0 aromatic heterocycles. The Hall–Kier alpha value is -2.69. The topological polar surface area (TPSA) is 148 Å². The van der Waals surface area contributed by atoms with Crippen LogP contribution in [0.3, 0.4) is 0 Å². The Morgan fingerprint density at radius 3 is 1.67 bits per heavy atom. The zero-order chi connectivity index (χ0) is 20.7. The van der Waals surface area contributed by atoms with Gasteiger partial charge in [-0.2, -0.15) is 0 Å². The molecule has 0 amide bonds. The van der Waals surface area contributed by atoms with Gasteiger partial charge in [0, 0.05) is 34.6 Å².